The van der Waals surface area contributed by atoms with Gasteiger partial charge in [0.1, 0.15) is 0 Å². The molecule has 2 heterocycles. The summed E-state index contributed by atoms with van der Waals surface area (Å²) >= 11 is 0. The van der Waals surface area contributed by atoms with Crippen LogP contribution in [-0.4, -0.2) is 20.7 Å². The summed E-state index contributed by atoms with van der Waals surface area (Å²) in [4.78, 5) is 11.3. The van der Waals surface area contributed by atoms with Crippen LogP contribution in [0.15, 0.2) is 78.9 Å². The molecule has 0 spiro atoms. The minimum Gasteiger partial charge on any atom is -0.476 e. The number of carbonyl (C=O) groups is 1. The summed E-state index contributed by atoms with van der Waals surface area (Å²) < 4.78 is 1.69. The highest BCUT2D eigenvalue weighted by Gasteiger charge is 2.14. The van der Waals surface area contributed by atoms with Gasteiger partial charge in [-0.1, -0.05) is 60.7 Å². The summed E-state index contributed by atoms with van der Waals surface area (Å²) in [5, 5.41) is 13.5. The molecule has 4 heteroatoms. The highest BCUT2D eigenvalue weighted by Crippen LogP contribution is 2.28. The fourth-order valence-electron chi connectivity index (χ4n) is 2.82. The van der Waals surface area contributed by atoms with E-state index in [1.165, 1.54) is 0 Å². The lowest BCUT2D eigenvalue weighted by Gasteiger charge is -2.09. The maximum Gasteiger partial charge on any atom is 0.356 e. The number of benzene rings is 2. The van der Waals surface area contributed by atoms with Crippen molar-refractivity contribution in [2.75, 3.05) is 0 Å². The molecule has 0 amide bonds. The fourth-order valence-corrected chi connectivity index (χ4v) is 2.82. The van der Waals surface area contributed by atoms with E-state index in [9.17, 15) is 9.90 Å². The van der Waals surface area contributed by atoms with Crippen molar-refractivity contribution in [3.8, 4) is 22.4 Å². The number of hydrogen-bond donors (Lipinski definition) is 1. The van der Waals surface area contributed by atoms with Gasteiger partial charge in [-0.3, -0.25) is 0 Å². The third kappa shape index (κ3) is 2.44. The SMILES string of the molecule is O=C(O)c1cc2cc(-c3ccccc3)cc(-c3ccccc3)n2n1. The van der Waals surface area contributed by atoms with Crippen LogP contribution in [0.5, 0.6) is 0 Å². The summed E-state index contributed by atoms with van der Waals surface area (Å²) in [7, 11) is 0. The molecule has 0 bridgehead atoms. The lowest BCUT2D eigenvalue weighted by atomic mass is 10.0. The summed E-state index contributed by atoms with van der Waals surface area (Å²) in [6.45, 7) is 0. The van der Waals surface area contributed by atoms with Gasteiger partial charge in [0.2, 0.25) is 0 Å². The van der Waals surface area contributed by atoms with Crippen LogP contribution in [0.4, 0.5) is 0 Å². The molecule has 24 heavy (non-hydrogen) atoms. The van der Waals surface area contributed by atoms with E-state index in [1.54, 1.807) is 10.6 Å². The molecule has 1 N–H and O–H groups in total. The molecule has 0 aliphatic carbocycles. The first-order valence-corrected chi connectivity index (χ1v) is 7.60. The molecule has 0 unspecified atom stereocenters. The number of nitrogens with zero attached hydrogens (tertiary/aromatic N) is 2. The second kappa shape index (κ2) is 5.66. The Morgan fingerprint density at radius 3 is 2.04 bits per heavy atom. The van der Waals surface area contributed by atoms with Gasteiger partial charge in [0.15, 0.2) is 5.69 Å². The van der Waals surface area contributed by atoms with Gasteiger partial charge in [-0.05, 0) is 29.3 Å². The monoisotopic (exact) mass is 314 g/mol. The molecule has 0 saturated heterocycles. The fraction of sp³-hybridized carbons (Fsp3) is 0. The minimum absolute atomic E-state index is 0.0393. The van der Waals surface area contributed by atoms with Gasteiger partial charge >= 0.3 is 5.97 Å². The van der Waals surface area contributed by atoms with Gasteiger partial charge in [-0.15, -0.1) is 0 Å². The van der Waals surface area contributed by atoms with Crippen molar-refractivity contribution in [3.63, 3.8) is 0 Å². The molecule has 0 radical (unpaired) electrons. The van der Waals surface area contributed by atoms with Crippen LogP contribution in [0.3, 0.4) is 0 Å². The molecule has 4 rings (SSSR count). The van der Waals surface area contributed by atoms with Crippen LogP contribution in [0.2, 0.25) is 0 Å². The summed E-state index contributed by atoms with van der Waals surface area (Å²) in [6, 6.07) is 25.5. The molecular weight excluding hydrogens is 300 g/mol. The Bertz CT molecular complexity index is 1020. The zero-order valence-corrected chi connectivity index (χ0v) is 12.8. The van der Waals surface area contributed by atoms with E-state index in [-0.39, 0.29) is 5.69 Å². The summed E-state index contributed by atoms with van der Waals surface area (Å²) in [5.41, 5.74) is 4.75. The smallest absolute Gasteiger partial charge is 0.356 e. The quantitative estimate of drug-likeness (QED) is 0.611. The van der Waals surface area contributed by atoms with E-state index in [0.717, 1.165) is 27.9 Å². The number of aromatic nitrogens is 2. The Balaban J connectivity index is 2.02. The van der Waals surface area contributed by atoms with Crippen molar-refractivity contribution in [2.24, 2.45) is 0 Å². The van der Waals surface area contributed by atoms with Crippen molar-refractivity contribution < 1.29 is 9.90 Å². The topological polar surface area (TPSA) is 54.6 Å². The molecule has 0 fully saturated rings. The number of carboxylic acid groups (broad SMARTS) is 1. The lowest BCUT2D eigenvalue weighted by Crippen LogP contribution is -1.99. The van der Waals surface area contributed by atoms with Crippen molar-refractivity contribution in [3.05, 3.63) is 84.6 Å². The zero-order chi connectivity index (χ0) is 16.5. The predicted octanol–water partition coefficient (Wildman–Crippen LogP) is 4.37. The Labute approximate surface area is 138 Å². The molecule has 0 atom stereocenters. The van der Waals surface area contributed by atoms with Gasteiger partial charge in [-0.25, -0.2) is 9.31 Å². The van der Waals surface area contributed by atoms with E-state index in [1.807, 2.05) is 72.8 Å². The van der Waals surface area contributed by atoms with Crippen molar-refractivity contribution in [1.29, 1.82) is 0 Å². The van der Waals surface area contributed by atoms with Crippen LogP contribution in [-0.2, 0) is 0 Å². The van der Waals surface area contributed by atoms with Crippen molar-refractivity contribution >= 4 is 11.5 Å². The molecule has 4 aromatic rings. The first kappa shape index (κ1) is 14.2. The standard InChI is InChI=1S/C20H14N2O2/c23-20(24)18-13-17-11-16(14-7-3-1-4-8-14)12-19(22(17)21-18)15-9-5-2-6-10-15/h1-13H,(H,23,24). The summed E-state index contributed by atoms with van der Waals surface area (Å²) in [5.74, 6) is -1.03. The van der Waals surface area contributed by atoms with Gasteiger partial charge in [0, 0.05) is 5.56 Å². The minimum atomic E-state index is -1.03. The van der Waals surface area contributed by atoms with Crippen LogP contribution in [0, 0.1) is 0 Å². The number of fused-ring (bicyclic) bond motifs is 1. The van der Waals surface area contributed by atoms with Gasteiger partial charge in [0.05, 0.1) is 11.2 Å². The van der Waals surface area contributed by atoms with Gasteiger partial charge < -0.3 is 5.11 Å². The van der Waals surface area contributed by atoms with Gasteiger partial charge in [0.25, 0.3) is 0 Å². The van der Waals surface area contributed by atoms with E-state index in [4.69, 9.17) is 0 Å². The van der Waals surface area contributed by atoms with Crippen molar-refractivity contribution in [1.82, 2.24) is 9.61 Å². The number of hydrogen-bond acceptors (Lipinski definition) is 2. The molecule has 4 nitrogen and oxygen atoms in total. The molecule has 0 aliphatic rings. The van der Waals surface area contributed by atoms with Crippen molar-refractivity contribution in [2.45, 2.75) is 0 Å². The molecule has 116 valence electrons. The highest BCUT2D eigenvalue weighted by atomic mass is 16.4. The van der Waals surface area contributed by atoms with E-state index < -0.39 is 5.97 Å². The molecule has 2 aromatic carbocycles. The van der Waals surface area contributed by atoms with Crippen LogP contribution in [0.1, 0.15) is 10.5 Å². The first-order valence-electron chi connectivity index (χ1n) is 7.60. The molecule has 2 aromatic heterocycles. The number of aromatic carboxylic acids is 1. The largest absolute Gasteiger partial charge is 0.476 e. The van der Waals surface area contributed by atoms with E-state index >= 15 is 0 Å². The number of carboxylic acids is 1. The van der Waals surface area contributed by atoms with E-state index in [2.05, 4.69) is 5.10 Å². The third-order valence-electron chi connectivity index (χ3n) is 3.96. The van der Waals surface area contributed by atoms with Crippen LogP contribution >= 0.6 is 0 Å². The van der Waals surface area contributed by atoms with Crippen LogP contribution in [0.25, 0.3) is 27.9 Å². The van der Waals surface area contributed by atoms with Crippen LogP contribution < -0.4 is 0 Å². The third-order valence-corrected chi connectivity index (χ3v) is 3.96. The highest BCUT2D eigenvalue weighted by molar-refractivity contribution is 5.88. The second-order valence-electron chi connectivity index (χ2n) is 5.53. The Hall–Kier alpha value is -3.40. The second-order valence-corrected chi connectivity index (χ2v) is 5.53. The average molecular weight is 314 g/mol. The maximum absolute atomic E-state index is 11.3. The van der Waals surface area contributed by atoms with E-state index in [0.29, 0.717) is 0 Å². The predicted molar refractivity (Wildman–Crippen MR) is 93.0 cm³/mol. The maximum atomic E-state index is 11.3. The average Bonchev–Trinajstić information content (AvgIpc) is 3.07. The summed E-state index contributed by atoms with van der Waals surface area (Å²) in [6.07, 6.45) is 0. The number of rotatable bonds is 3. The van der Waals surface area contributed by atoms with Gasteiger partial charge in [-0.2, -0.15) is 5.10 Å². The molecule has 0 aliphatic heterocycles. The lowest BCUT2D eigenvalue weighted by molar-refractivity contribution is 0.0690. The normalized spacial score (nSPS) is 10.8. The number of pyridine rings is 1. The Kier molecular flexibility index (Phi) is 3.35. The Morgan fingerprint density at radius 2 is 1.42 bits per heavy atom. The molecular formula is C20H14N2O2. The zero-order valence-electron chi connectivity index (χ0n) is 12.8. The Morgan fingerprint density at radius 1 is 0.792 bits per heavy atom. The first-order chi connectivity index (χ1) is 11.7. The molecule has 0 saturated carbocycles.